The van der Waals surface area contributed by atoms with Crippen LogP contribution in [0.15, 0.2) is 16.5 Å². The standard InChI is InChI=1S/C12H19NO3/c1-4-5-8(2)13-9(3)10-6-7-11(16-10)12(14)15/h6-9,13H,4-5H2,1-3H3,(H,14,15). The van der Waals surface area contributed by atoms with Gasteiger partial charge in [-0.3, -0.25) is 0 Å². The van der Waals surface area contributed by atoms with Gasteiger partial charge in [-0.1, -0.05) is 13.3 Å². The molecule has 0 aliphatic carbocycles. The highest BCUT2D eigenvalue weighted by atomic mass is 16.4. The van der Waals surface area contributed by atoms with Gasteiger partial charge < -0.3 is 14.8 Å². The maximum Gasteiger partial charge on any atom is 0.371 e. The van der Waals surface area contributed by atoms with Gasteiger partial charge in [-0.25, -0.2) is 4.79 Å². The molecule has 1 heterocycles. The molecule has 0 bridgehead atoms. The molecule has 0 aliphatic rings. The molecule has 2 atom stereocenters. The minimum absolute atomic E-state index is 0.00760. The molecule has 0 radical (unpaired) electrons. The van der Waals surface area contributed by atoms with E-state index < -0.39 is 5.97 Å². The van der Waals surface area contributed by atoms with E-state index in [1.54, 1.807) is 6.07 Å². The Hall–Kier alpha value is -1.29. The second kappa shape index (κ2) is 5.70. The minimum Gasteiger partial charge on any atom is -0.475 e. The number of carboxylic acids is 1. The van der Waals surface area contributed by atoms with Crippen molar-refractivity contribution in [1.82, 2.24) is 5.32 Å². The summed E-state index contributed by atoms with van der Waals surface area (Å²) < 4.78 is 5.22. The fourth-order valence-corrected chi connectivity index (χ4v) is 1.73. The Labute approximate surface area is 95.7 Å². The average Bonchev–Trinajstić information content (AvgIpc) is 2.66. The molecule has 0 saturated carbocycles. The molecule has 0 amide bonds. The molecule has 1 aromatic rings. The summed E-state index contributed by atoms with van der Waals surface area (Å²) in [6, 6.07) is 3.63. The molecule has 1 rings (SSSR count). The summed E-state index contributed by atoms with van der Waals surface area (Å²) >= 11 is 0. The third kappa shape index (κ3) is 3.38. The molecule has 0 aliphatic heterocycles. The Morgan fingerprint density at radius 3 is 2.69 bits per heavy atom. The van der Waals surface area contributed by atoms with Gasteiger partial charge in [-0.2, -0.15) is 0 Å². The molecule has 0 spiro atoms. The SMILES string of the molecule is CCCC(C)NC(C)c1ccc(C(=O)O)o1. The lowest BCUT2D eigenvalue weighted by Crippen LogP contribution is -2.28. The molecule has 16 heavy (non-hydrogen) atoms. The average molecular weight is 225 g/mol. The van der Waals surface area contributed by atoms with Crippen molar-refractivity contribution < 1.29 is 14.3 Å². The van der Waals surface area contributed by atoms with Gasteiger partial charge >= 0.3 is 5.97 Å². The summed E-state index contributed by atoms with van der Waals surface area (Å²) in [6.45, 7) is 6.22. The van der Waals surface area contributed by atoms with Gasteiger partial charge in [0.25, 0.3) is 0 Å². The lowest BCUT2D eigenvalue weighted by atomic mass is 10.1. The summed E-state index contributed by atoms with van der Waals surface area (Å²) in [7, 11) is 0. The largest absolute Gasteiger partial charge is 0.475 e. The van der Waals surface area contributed by atoms with Crippen LogP contribution < -0.4 is 5.32 Å². The molecule has 4 nitrogen and oxygen atoms in total. The van der Waals surface area contributed by atoms with Crippen LogP contribution in [0.5, 0.6) is 0 Å². The molecule has 4 heteroatoms. The van der Waals surface area contributed by atoms with Crippen molar-refractivity contribution in [1.29, 1.82) is 0 Å². The van der Waals surface area contributed by atoms with Gasteiger partial charge in [0, 0.05) is 6.04 Å². The van der Waals surface area contributed by atoms with Gasteiger partial charge in [0.05, 0.1) is 6.04 Å². The molecular formula is C12H19NO3. The topological polar surface area (TPSA) is 62.5 Å². The lowest BCUT2D eigenvalue weighted by molar-refractivity contribution is 0.0659. The minimum atomic E-state index is -1.03. The number of carbonyl (C=O) groups is 1. The Kier molecular flexibility index (Phi) is 4.55. The summed E-state index contributed by atoms with van der Waals surface area (Å²) in [5.41, 5.74) is 0. The lowest BCUT2D eigenvalue weighted by Gasteiger charge is -2.17. The van der Waals surface area contributed by atoms with Gasteiger partial charge in [-0.05, 0) is 32.4 Å². The highest BCUT2D eigenvalue weighted by Crippen LogP contribution is 2.17. The Bertz CT molecular complexity index is 346. The second-order valence-electron chi connectivity index (χ2n) is 4.09. The van der Waals surface area contributed by atoms with E-state index in [1.807, 2.05) is 6.92 Å². The molecular weight excluding hydrogens is 206 g/mol. The quantitative estimate of drug-likeness (QED) is 0.781. The Morgan fingerprint density at radius 1 is 1.50 bits per heavy atom. The normalized spacial score (nSPS) is 14.7. The van der Waals surface area contributed by atoms with Gasteiger partial charge in [-0.15, -0.1) is 0 Å². The van der Waals surface area contributed by atoms with Crippen LogP contribution in [0.2, 0.25) is 0 Å². The highest BCUT2D eigenvalue weighted by Gasteiger charge is 2.15. The predicted molar refractivity (Wildman–Crippen MR) is 61.6 cm³/mol. The number of nitrogens with one attached hydrogen (secondary N) is 1. The van der Waals surface area contributed by atoms with Crippen LogP contribution in [0.25, 0.3) is 0 Å². The van der Waals surface area contributed by atoms with Crippen molar-refractivity contribution in [3.63, 3.8) is 0 Å². The fraction of sp³-hybridized carbons (Fsp3) is 0.583. The smallest absolute Gasteiger partial charge is 0.371 e. The third-order valence-electron chi connectivity index (χ3n) is 2.52. The van der Waals surface area contributed by atoms with Crippen LogP contribution in [0, 0.1) is 0 Å². The van der Waals surface area contributed by atoms with Gasteiger partial charge in [0.15, 0.2) is 0 Å². The van der Waals surface area contributed by atoms with Crippen molar-refractivity contribution in [2.75, 3.05) is 0 Å². The van der Waals surface area contributed by atoms with E-state index in [-0.39, 0.29) is 11.8 Å². The van der Waals surface area contributed by atoms with E-state index in [1.165, 1.54) is 6.07 Å². The Balaban J connectivity index is 2.58. The van der Waals surface area contributed by atoms with Crippen molar-refractivity contribution in [3.05, 3.63) is 23.7 Å². The first-order valence-corrected chi connectivity index (χ1v) is 5.63. The van der Waals surface area contributed by atoms with E-state index in [9.17, 15) is 4.79 Å². The first-order chi connectivity index (χ1) is 7.54. The van der Waals surface area contributed by atoms with Crippen molar-refractivity contribution in [2.24, 2.45) is 0 Å². The molecule has 1 aromatic heterocycles. The first-order valence-electron chi connectivity index (χ1n) is 5.63. The highest BCUT2D eigenvalue weighted by molar-refractivity contribution is 5.84. The third-order valence-corrected chi connectivity index (χ3v) is 2.52. The summed E-state index contributed by atoms with van der Waals surface area (Å²) in [5, 5.41) is 12.1. The first kappa shape index (κ1) is 12.8. The van der Waals surface area contributed by atoms with Crippen LogP contribution >= 0.6 is 0 Å². The van der Waals surface area contributed by atoms with Crippen molar-refractivity contribution >= 4 is 5.97 Å². The molecule has 0 fully saturated rings. The van der Waals surface area contributed by atoms with E-state index in [4.69, 9.17) is 9.52 Å². The summed E-state index contributed by atoms with van der Waals surface area (Å²) in [4.78, 5) is 10.6. The molecule has 0 aromatic carbocycles. The zero-order valence-electron chi connectivity index (χ0n) is 9.99. The van der Waals surface area contributed by atoms with Crippen LogP contribution in [0.4, 0.5) is 0 Å². The number of aromatic carboxylic acids is 1. The summed E-state index contributed by atoms with van der Waals surface area (Å²) in [5.74, 6) is -0.368. The second-order valence-corrected chi connectivity index (χ2v) is 4.09. The zero-order chi connectivity index (χ0) is 12.1. The Morgan fingerprint density at radius 2 is 2.19 bits per heavy atom. The number of carboxylic acid groups (broad SMARTS) is 1. The van der Waals surface area contributed by atoms with Crippen LogP contribution in [0.1, 0.15) is 56.0 Å². The molecule has 2 N–H and O–H groups in total. The monoisotopic (exact) mass is 225 g/mol. The number of hydrogen-bond donors (Lipinski definition) is 2. The summed E-state index contributed by atoms with van der Waals surface area (Å²) in [6.07, 6.45) is 2.22. The van der Waals surface area contributed by atoms with Crippen molar-refractivity contribution in [3.8, 4) is 0 Å². The number of furan rings is 1. The van der Waals surface area contributed by atoms with Gasteiger partial charge in [0.2, 0.25) is 5.76 Å². The molecule has 90 valence electrons. The van der Waals surface area contributed by atoms with Crippen LogP contribution in [0.3, 0.4) is 0 Å². The molecule has 2 unspecified atom stereocenters. The maximum atomic E-state index is 10.6. The van der Waals surface area contributed by atoms with E-state index >= 15 is 0 Å². The van der Waals surface area contributed by atoms with E-state index in [0.29, 0.717) is 11.8 Å². The van der Waals surface area contributed by atoms with Crippen LogP contribution in [-0.2, 0) is 0 Å². The predicted octanol–water partition coefficient (Wildman–Crippen LogP) is 2.82. The van der Waals surface area contributed by atoms with Crippen molar-refractivity contribution in [2.45, 2.75) is 45.7 Å². The fourth-order valence-electron chi connectivity index (χ4n) is 1.73. The van der Waals surface area contributed by atoms with E-state index in [0.717, 1.165) is 12.8 Å². The van der Waals surface area contributed by atoms with E-state index in [2.05, 4.69) is 19.2 Å². The maximum absolute atomic E-state index is 10.6. The molecule has 0 saturated heterocycles. The van der Waals surface area contributed by atoms with Gasteiger partial charge in [0.1, 0.15) is 5.76 Å². The zero-order valence-corrected chi connectivity index (χ0v) is 9.99. The van der Waals surface area contributed by atoms with Crippen LogP contribution in [-0.4, -0.2) is 17.1 Å². The number of hydrogen-bond acceptors (Lipinski definition) is 3. The number of rotatable bonds is 6.